The van der Waals surface area contributed by atoms with E-state index in [1.807, 2.05) is 19.2 Å². The molecular weight excluding hydrogens is 372 g/mol. The molecule has 0 atom stereocenters. The van der Waals surface area contributed by atoms with E-state index in [1.165, 1.54) is 38.5 Å². The Labute approximate surface area is 172 Å². The lowest BCUT2D eigenvalue weighted by Gasteiger charge is -2.26. The summed E-state index contributed by atoms with van der Waals surface area (Å²) in [6.07, 6.45) is 11.1. The maximum atomic E-state index is 13.0. The Morgan fingerprint density at radius 1 is 1.18 bits per heavy atom. The van der Waals surface area contributed by atoms with E-state index in [0.29, 0.717) is 16.5 Å². The standard InChI is InChI=1S/C23H31ClN2O2/c1-16-10-20(24)22-19(13-26(21(22)11-16)12-18-14-28-15-18)23(27)25-9-8-17-6-4-2-3-5-7-17/h10-11,13,17-18H,2-9,12,14-15H2,1H3,(H,25,27). The van der Waals surface area contributed by atoms with E-state index < -0.39 is 0 Å². The van der Waals surface area contributed by atoms with E-state index in [0.717, 1.165) is 55.1 Å². The molecule has 2 aliphatic rings. The lowest BCUT2D eigenvalue weighted by Crippen LogP contribution is -2.31. The summed E-state index contributed by atoms with van der Waals surface area (Å²) in [5, 5.41) is 4.69. The molecule has 1 amide bonds. The van der Waals surface area contributed by atoms with Crippen LogP contribution in [0.5, 0.6) is 0 Å². The number of hydrogen-bond donors (Lipinski definition) is 1. The van der Waals surface area contributed by atoms with Crippen LogP contribution in [-0.2, 0) is 11.3 Å². The second-order valence-corrected chi connectivity index (χ2v) is 9.05. The molecule has 0 bridgehead atoms. The molecule has 1 saturated heterocycles. The second-order valence-electron chi connectivity index (χ2n) is 8.64. The number of hydrogen-bond acceptors (Lipinski definition) is 2. The first kappa shape index (κ1) is 19.8. The van der Waals surface area contributed by atoms with Crippen molar-refractivity contribution >= 4 is 28.4 Å². The van der Waals surface area contributed by atoms with Gasteiger partial charge in [-0.1, -0.05) is 50.1 Å². The van der Waals surface area contributed by atoms with Crippen LogP contribution in [0.1, 0.15) is 60.9 Å². The normalized spacial score (nSPS) is 18.8. The largest absolute Gasteiger partial charge is 0.381 e. The van der Waals surface area contributed by atoms with Gasteiger partial charge in [-0.25, -0.2) is 0 Å². The van der Waals surface area contributed by atoms with Gasteiger partial charge in [0, 0.05) is 30.6 Å². The first-order valence-electron chi connectivity index (χ1n) is 10.8. The molecule has 1 aliphatic heterocycles. The molecule has 5 heteroatoms. The van der Waals surface area contributed by atoms with E-state index in [9.17, 15) is 4.79 Å². The summed E-state index contributed by atoms with van der Waals surface area (Å²) in [5.74, 6) is 1.27. The molecule has 2 fully saturated rings. The van der Waals surface area contributed by atoms with Crippen molar-refractivity contribution < 1.29 is 9.53 Å². The van der Waals surface area contributed by atoms with E-state index in [4.69, 9.17) is 16.3 Å². The van der Waals surface area contributed by atoms with E-state index in [-0.39, 0.29) is 5.91 Å². The zero-order valence-electron chi connectivity index (χ0n) is 16.8. The van der Waals surface area contributed by atoms with Gasteiger partial charge in [-0.05, 0) is 37.0 Å². The summed E-state index contributed by atoms with van der Waals surface area (Å²) in [6, 6.07) is 4.08. The van der Waals surface area contributed by atoms with Crippen LogP contribution in [0.15, 0.2) is 18.3 Å². The van der Waals surface area contributed by atoms with Gasteiger partial charge in [-0.15, -0.1) is 0 Å². The molecule has 2 aromatic rings. The number of ether oxygens (including phenoxy) is 1. The number of carbonyl (C=O) groups excluding carboxylic acids is 1. The molecule has 2 heterocycles. The summed E-state index contributed by atoms with van der Waals surface area (Å²) in [7, 11) is 0. The van der Waals surface area contributed by atoms with Gasteiger partial charge in [0.15, 0.2) is 0 Å². The molecule has 1 N–H and O–H groups in total. The Morgan fingerprint density at radius 2 is 1.93 bits per heavy atom. The van der Waals surface area contributed by atoms with Crippen LogP contribution in [0.4, 0.5) is 0 Å². The van der Waals surface area contributed by atoms with Crippen molar-refractivity contribution in [3.05, 3.63) is 34.5 Å². The SMILES string of the molecule is Cc1cc(Cl)c2c(C(=O)NCCC3CCCCCC3)cn(CC3COC3)c2c1. The van der Waals surface area contributed by atoms with Crippen LogP contribution >= 0.6 is 11.6 Å². The van der Waals surface area contributed by atoms with E-state index in [2.05, 4.69) is 16.0 Å². The molecule has 1 aliphatic carbocycles. The van der Waals surface area contributed by atoms with Crippen molar-refractivity contribution in [3.63, 3.8) is 0 Å². The Bertz CT molecular complexity index is 833. The van der Waals surface area contributed by atoms with Gasteiger partial charge in [0.1, 0.15) is 0 Å². The van der Waals surface area contributed by atoms with Crippen molar-refractivity contribution in [2.24, 2.45) is 11.8 Å². The minimum atomic E-state index is -0.00650. The highest BCUT2D eigenvalue weighted by Gasteiger charge is 2.23. The summed E-state index contributed by atoms with van der Waals surface area (Å²) < 4.78 is 7.50. The van der Waals surface area contributed by atoms with Crippen LogP contribution in [0.3, 0.4) is 0 Å². The van der Waals surface area contributed by atoms with Crippen molar-refractivity contribution in [2.45, 2.75) is 58.4 Å². The zero-order chi connectivity index (χ0) is 19.5. The van der Waals surface area contributed by atoms with Crippen molar-refractivity contribution in [2.75, 3.05) is 19.8 Å². The third-order valence-electron chi connectivity index (χ3n) is 6.30. The topological polar surface area (TPSA) is 43.3 Å². The number of rotatable bonds is 6. The van der Waals surface area contributed by atoms with Crippen LogP contribution in [0.25, 0.3) is 10.9 Å². The van der Waals surface area contributed by atoms with Gasteiger partial charge < -0.3 is 14.6 Å². The van der Waals surface area contributed by atoms with Gasteiger partial charge in [0.25, 0.3) is 5.91 Å². The molecule has 4 nitrogen and oxygen atoms in total. The average Bonchev–Trinajstić information content (AvgIpc) is 2.80. The maximum absolute atomic E-state index is 13.0. The molecule has 4 rings (SSSR count). The highest BCUT2D eigenvalue weighted by Crippen LogP contribution is 2.32. The molecule has 28 heavy (non-hydrogen) atoms. The molecule has 1 aromatic carbocycles. The minimum Gasteiger partial charge on any atom is -0.381 e. The number of aromatic nitrogens is 1. The van der Waals surface area contributed by atoms with Crippen molar-refractivity contribution in [3.8, 4) is 0 Å². The van der Waals surface area contributed by atoms with Crippen LogP contribution in [-0.4, -0.2) is 30.2 Å². The fraction of sp³-hybridized carbons (Fsp3) is 0.609. The molecule has 0 unspecified atom stereocenters. The first-order valence-corrected chi connectivity index (χ1v) is 11.1. The third kappa shape index (κ3) is 4.38. The zero-order valence-corrected chi connectivity index (χ0v) is 17.6. The summed E-state index contributed by atoms with van der Waals surface area (Å²) >= 11 is 6.57. The van der Waals surface area contributed by atoms with Gasteiger partial charge in [-0.3, -0.25) is 4.79 Å². The fourth-order valence-corrected chi connectivity index (χ4v) is 5.01. The lowest BCUT2D eigenvalue weighted by atomic mass is 9.97. The van der Waals surface area contributed by atoms with Gasteiger partial charge in [0.05, 0.1) is 29.3 Å². The molecule has 152 valence electrons. The molecular formula is C23H31ClN2O2. The highest BCUT2D eigenvalue weighted by molar-refractivity contribution is 6.37. The Kier molecular flexibility index (Phi) is 6.27. The van der Waals surface area contributed by atoms with Gasteiger partial charge >= 0.3 is 0 Å². The number of amides is 1. The van der Waals surface area contributed by atoms with E-state index >= 15 is 0 Å². The van der Waals surface area contributed by atoms with Gasteiger partial charge in [0.2, 0.25) is 0 Å². The second kappa shape index (κ2) is 8.87. The smallest absolute Gasteiger partial charge is 0.253 e. The van der Waals surface area contributed by atoms with Crippen LogP contribution in [0, 0.1) is 18.8 Å². The van der Waals surface area contributed by atoms with Crippen molar-refractivity contribution in [1.29, 1.82) is 0 Å². The third-order valence-corrected chi connectivity index (χ3v) is 6.60. The summed E-state index contributed by atoms with van der Waals surface area (Å²) in [6.45, 7) is 5.24. The molecule has 1 aromatic heterocycles. The fourth-order valence-electron chi connectivity index (χ4n) is 4.64. The Hall–Kier alpha value is -1.52. The Morgan fingerprint density at radius 3 is 2.61 bits per heavy atom. The van der Waals surface area contributed by atoms with Crippen molar-refractivity contribution in [1.82, 2.24) is 9.88 Å². The number of fused-ring (bicyclic) bond motifs is 1. The minimum absolute atomic E-state index is 0.00650. The number of benzene rings is 1. The van der Waals surface area contributed by atoms with E-state index in [1.54, 1.807) is 0 Å². The Balaban J connectivity index is 1.49. The summed E-state index contributed by atoms with van der Waals surface area (Å²) in [4.78, 5) is 13.0. The molecule has 0 radical (unpaired) electrons. The highest BCUT2D eigenvalue weighted by atomic mass is 35.5. The predicted octanol–water partition coefficient (Wildman–Crippen LogP) is 5.34. The number of halogens is 1. The first-order chi connectivity index (χ1) is 13.6. The van der Waals surface area contributed by atoms with Crippen LogP contribution < -0.4 is 5.32 Å². The number of aryl methyl sites for hydroxylation is 1. The molecule has 0 spiro atoms. The van der Waals surface area contributed by atoms with Gasteiger partial charge in [-0.2, -0.15) is 0 Å². The average molecular weight is 403 g/mol. The number of nitrogens with one attached hydrogen (secondary N) is 1. The van der Waals surface area contributed by atoms with Crippen LogP contribution in [0.2, 0.25) is 5.02 Å². The number of carbonyl (C=O) groups is 1. The molecule has 1 saturated carbocycles. The number of nitrogens with zero attached hydrogens (tertiary/aromatic N) is 1. The quantitative estimate of drug-likeness (QED) is 0.662. The summed E-state index contributed by atoms with van der Waals surface area (Å²) in [5.41, 5.74) is 2.86. The predicted molar refractivity (Wildman–Crippen MR) is 114 cm³/mol. The lowest BCUT2D eigenvalue weighted by molar-refractivity contribution is -0.0388. The maximum Gasteiger partial charge on any atom is 0.253 e. The monoisotopic (exact) mass is 402 g/mol.